The van der Waals surface area contributed by atoms with Gasteiger partial charge in [-0.2, -0.15) is 0 Å². The molecule has 1 N–H and O–H groups in total. The molecule has 0 unspecified atom stereocenters. The minimum absolute atomic E-state index is 0.0740. The first kappa shape index (κ1) is 20.9. The molecule has 0 aliphatic rings. The standard InChI is InChI=1S/C22H20N6O4/c1-13(2)19-12-23-22(32-19)15-7-9-16(10-8-15)24-21(29)20-14(3)27(26-25-20)17-5-4-6-18(11-17)28(30)31/h4-13H,1-3H3,(H,24,29). The highest BCUT2D eigenvalue weighted by Gasteiger charge is 2.19. The van der Waals surface area contributed by atoms with E-state index < -0.39 is 10.8 Å². The molecule has 4 aromatic rings. The quantitative estimate of drug-likeness (QED) is 0.350. The largest absolute Gasteiger partial charge is 0.441 e. The highest BCUT2D eigenvalue weighted by Crippen LogP contribution is 2.25. The first-order chi connectivity index (χ1) is 15.3. The third-order valence-corrected chi connectivity index (χ3v) is 4.88. The molecule has 0 bridgehead atoms. The highest BCUT2D eigenvalue weighted by molar-refractivity contribution is 6.03. The maximum Gasteiger partial charge on any atom is 0.278 e. The molecule has 0 saturated heterocycles. The second-order valence-corrected chi connectivity index (χ2v) is 7.47. The lowest BCUT2D eigenvalue weighted by Crippen LogP contribution is -2.14. The predicted octanol–water partition coefficient (Wildman–Crippen LogP) is 4.51. The van der Waals surface area contributed by atoms with Crippen molar-refractivity contribution in [2.45, 2.75) is 26.7 Å². The molecule has 2 aromatic carbocycles. The Morgan fingerprint density at radius 3 is 2.59 bits per heavy atom. The van der Waals surface area contributed by atoms with Crippen molar-refractivity contribution in [3.05, 3.63) is 82.0 Å². The van der Waals surface area contributed by atoms with Crippen molar-refractivity contribution in [3.63, 3.8) is 0 Å². The van der Waals surface area contributed by atoms with Crippen LogP contribution in [-0.2, 0) is 0 Å². The number of rotatable bonds is 6. The zero-order valence-electron chi connectivity index (χ0n) is 17.6. The number of anilines is 1. The van der Waals surface area contributed by atoms with Crippen molar-refractivity contribution < 1.29 is 14.1 Å². The van der Waals surface area contributed by atoms with Gasteiger partial charge in [-0.05, 0) is 37.3 Å². The van der Waals surface area contributed by atoms with Gasteiger partial charge in [0.2, 0.25) is 5.89 Å². The molecule has 0 atom stereocenters. The van der Waals surface area contributed by atoms with Gasteiger partial charge in [-0.3, -0.25) is 14.9 Å². The summed E-state index contributed by atoms with van der Waals surface area (Å²) in [6, 6.07) is 13.1. The molecule has 162 valence electrons. The minimum atomic E-state index is -0.491. The highest BCUT2D eigenvalue weighted by atomic mass is 16.6. The summed E-state index contributed by atoms with van der Waals surface area (Å²) in [5.41, 5.74) is 2.31. The van der Waals surface area contributed by atoms with Crippen LogP contribution in [0.1, 0.15) is 41.7 Å². The lowest BCUT2D eigenvalue weighted by atomic mass is 10.2. The fourth-order valence-electron chi connectivity index (χ4n) is 3.10. The van der Waals surface area contributed by atoms with Crippen LogP contribution < -0.4 is 5.32 Å². The summed E-state index contributed by atoms with van der Waals surface area (Å²) in [6.45, 7) is 5.73. The smallest absolute Gasteiger partial charge is 0.278 e. The molecule has 1 amide bonds. The Balaban J connectivity index is 1.51. The molecule has 0 radical (unpaired) electrons. The van der Waals surface area contributed by atoms with Crippen LogP contribution in [0.25, 0.3) is 17.1 Å². The van der Waals surface area contributed by atoms with Crippen LogP contribution in [0.3, 0.4) is 0 Å². The van der Waals surface area contributed by atoms with Gasteiger partial charge in [0.05, 0.1) is 22.5 Å². The van der Waals surface area contributed by atoms with E-state index in [-0.39, 0.29) is 17.3 Å². The van der Waals surface area contributed by atoms with Crippen LogP contribution in [0.15, 0.2) is 59.1 Å². The second kappa shape index (κ2) is 8.42. The molecule has 0 saturated carbocycles. The summed E-state index contributed by atoms with van der Waals surface area (Å²) in [5.74, 6) is 1.13. The summed E-state index contributed by atoms with van der Waals surface area (Å²) in [5, 5.41) is 21.7. The lowest BCUT2D eigenvalue weighted by Gasteiger charge is -2.06. The number of carbonyl (C=O) groups is 1. The average molecular weight is 432 g/mol. The van der Waals surface area contributed by atoms with Gasteiger partial charge in [0.1, 0.15) is 5.76 Å². The van der Waals surface area contributed by atoms with E-state index in [1.54, 1.807) is 49.5 Å². The van der Waals surface area contributed by atoms with E-state index in [2.05, 4.69) is 20.6 Å². The summed E-state index contributed by atoms with van der Waals surface area (Å²) in [6.07, 6.45) is 1.71. The second-order valence-electron chi connectivity index (χ2n) is 7.47. The first-order valence-corrected chi connectivity index (χ1v) is 9.88. The van der Waals surface area contributed by atoms with E-state index >= 15 is 0 Å². The average Bonchev–Trinajstić information content (AvgIpc) is 3.42. The fourth-order valence-corrected chi connectivity index (χ4v) is 3.10. The van der Waals surface area contributed by atoms with E-state index in [1.165, 1.54) is 16.8 Å². The van der Waals surface area contributed by atoms with E-state index in [0.717, 1.165) is 11.3 Å². The minimum Gasteiger partial charge on any atom is -0.441 e. The molecule has 2 heterocycles. The maximum absolute atomic E-state index is 12.7. The molecule has 4 rings (SSSR count). The topological polar surface area (TPSA) is 129 Å². The zero-order chi connectivity index (χ0) is 22.8. The van der Waals surface area contributed by atoms with Gasteiger partial charge in [0.25, 0.3) is 11.6 Å². The van der Waals surface area contributed by atoms with Crippen molar-refractivity contribution in [1.29, 1.82) is 0 Å². The summed E-state index contributed by atoms with van der Waals surface area (Å²) in [4.78, 5) is 27.5. The molecule has 10 nitrogen and oxygen atoms in total. The van der Waals surface area contributed by atoms with Crippen LogP contribution in [0, 0.1) is 17.0 Å². The number of benzene rings is 2. The maximum atomic E-state index is 12.7. The Labute approximate surface area is 183 Å². The number of hydrogen-bond acceptors (Lipinski definition) is 7. The third-order valence-electron chi connectivity index (χ3n) is 4.88. The Morgan fingerprint density at radius 1 is 1.19 bits per heavy atom. The molecule has 0 aliphatic carbocycles. The number of amides is 1. The molecule has 0 spiro atoms. The normalized spacial score (nSPS) is 11.0. The SMILES string of the molecule is Cc1c(C(=O)Nc2ccc(-c3ncc(C(C)C)o3)cc2)nnn1-c1cccc([N+](=O)[O-])c1. The lowest BCUT2D eigenvalue weighted by molar-refractivity contribution is -0.384. The molecular formula is C22H20N6O4. The number of nitrogens with one attached hydrogen (secondary N) is 1. The molecule has 10 heteroatoms. The van der Waals surface area contributed by atoms with E-state index in [1.807, 2.05) is 13.8 Å². The van der Waals surface area contributed by atoms with Crippen molar-refractivity contribution in [2.24, 2.45) is 0 Å². The van der Waals surface area contributed by atoms with Gasteiger partial charge < -0.3 is 9.73 Å². The number of nitrogens with zero attached hydrogens (tertiary/aromatic N) is 5. The van der Waals surface area contributed by atoms with Gasteiger partial charge in [0, 0.05) is 29.3 Å². The van der Waals surface area contributed by atoms with Gasteiger partial charge in [-0.15, -0.1) is 5.10 Å². The number of oxazole rings is 1. The summed E-state index contributed by atoms with van der Waals surface area (Å²) in [7, 11) is 0. The van der Waals surface area contributed by atoms with Crippen molar-refractivity contribution in [1.82, 2.24) is 20.0 Å². The van der Waals surface area contributed by atoms with Crippen LogP contribution in [0.4, 0.5) is 11.4 Å². The van der Waals surface area contributed by atoms with Gasteiger partial charge in [-0.25, -0.2) is 9.67 Å². The van der Waals surface area contributed by atoms with Crippen molar-refractivity contribution >= 4 is 17.3 Å². The predicted molar refractivity (Wildman–Crippen MR) is 117 cm³/mol. The Bertz CT molecular complexity index is 1290. The Hall–Kier alpha value is -4.34. The van der Waals surface area contributed by atoms with Crippen molar-refractivity contribution in [3.8, 4) is 17.1 Å². The number of non-ortho nitro benzene ring substituents is 1. The number of nitro benzene ring substituents is 1. The van der Waals surface area contributed by atoms with Gasteiger partial charge >= 0.3 is 0 Å². The fraction of sp³-hybridized carbons (Fsp3) is 0.182. The van der Waals surface area contributed by atoms with E-state index in [0.29, 0.717) is 23.0 Å². The molecule has 2 aromatic heterocycles. The molecular weight excluding hydrogens is 412 g/mol. The zero-order valence-corrected chi connectivity index (χ0v) is 17.6. The molecule has 0 fully saturated rings. The Kier molecular flexibility index (Phi) is 5.50. The number of nitro groups is 1. The van der Waals surface area contributed by atoms with Crippen LogP contribution in [0.2, 0.25) is 0 Å². The summed E-state index contributed by atoms with van der Waals surface area (Å²) < 4.78 is 7.13. The van der Waals surface area contributed by atoms with Crippen LogP contribution in [0.5, 0.6) is 0 Å². The first-order valence-electron chi connectivity index (χ1n) is 9.88. The number of carbonyl (C=O) groups excluding carboxylic acids is 1. The van der Waals surface area contributed by atoms with Crippen LogP contribution >= 0.6 is 0 Å². The van der Waals surface area contributed by atoms with E-state index in [9.17, 15) is 14.9 Å². The number of aromatic nitrogens is 4. The summed E-state index contributed by atoms with van der Waals surface area (Å²) >= 11 is 0. The van der Waals surface area contributed by atoms with E-state index in [4.69, 9.17) is 4.42 Å². The number of hydrogen-bond donors (Lipinski definition) is 1. The van der Waals surface area contributed by atoms with Crippen LogP contribution in [-0.4, -0.2) is 30.8 Å². The van der Waals surface area contributed by atoms with Crippen molar-refractivity contribution in [2.75, 3.05) is 5.32 Å². The molecule has 32 heavy (non-hydrogen) atoms. The monoisotopic (exact) mass is 432 g/mol. The van der Waals surface area contributed by atoms with Gasteiger partial charge in [0.15, 0.2) is 5.69 Å². The molecule has 0 aliphatic heterocycles. The van der Waals surface area contributed by atoms with Gasteiger partial charge in [-0.1, -0.05) is 25.1 Å². The Morgan fingerprint density at radius 2 is 1.94 bits per heavy atom. The third kappa shape index (κ3) is 4.10.